The van der Waals surface area contributed by atoms with E-state index < -0.39 is 0 Å². The Bertz CT molecular complexity index is 564. The summed E-state index contributed by atoms with van der Waals surface area (Å²) in [4.78, 5) is 22.4. The molecule has 100 valence electrons. The number of imidazole rings is 1. The van der Waals surface area contributed by atoms with Gasteiger partial charge in [0.1, 0.15) is 5.37 Å². The first-order valence-electron chi connectivity index (χ1n) is 6.18. The van der Waals surface area contributed by atoms with E-state index in [1.165, 1.54) is 10.4 Å². The van der Waals surface area contributed by atoms with Gasteiger partial charge >= 0.3 is 0 Å². The molecule has 4 nitrogen and oxygen atoms in total. The van der Waals surface area contributed by atoms with E-state index in [0.29, 0.717) is 5.75 Å². The van der Waals surface area contributed by atoms with E-state index >= 15 is 0 Å². The third kappa shape index (κ3) is 2.55. The molecule has 1 aliphatic rings. The van der Waals surface area contributed by atoms with Crippen molar-refractivity contribution in [2.24, 2.45) is 0 Å². The number of carbonyl (C=O) groups is 1. The summed E-state index contributed by atoms with van der Waals surface area (Å²) in [5, 5.41) is 2.29. The van der Waals surface area contributed by atoms with E-state index in [1.807, 2.05) is 11.1 Å². The van der Waals surface area contributed by atoms with Gasteiger partial charge in [-0.25, -0.2) is 4.98 Å². The minimum atomic E-state index is 0.190. The summed E-state index contributed by atoms with van der Waals surface area (Å²) in [5.41, 5.74) is 2.36. The van der Waals surface area contributed by atoms with E-state index in [9.17, 15) is 4.79 Å². The molecule has 0 bridgehead atoms. The maximum atomic E-state index is 12.0. The van der Waals surface area contributed by atoms with E-state index in [4.69, 9.17) is 0 Å². The number of nitrogens with one attached hydrogen (secondary N) is 1. The number of hydrogen-bond acceptors (Lipinski definition) is 4. The van der Waals surface area contributed by atoms with Gasteiger partial charge in [-0.3, -0.25) is 4.79 Å². The first kappa shape index (κ1) is 12.7. The Kier molecular flexibility index (Phi) is 3.61. The number of H-pyrrole nitrogens is 1. The molecule has 2 aromatic rings. The van der Waals surface area contributed by atoms with Gasteiger partial charge in [0.15, 0.2) is 0 Å². The summed E-state index contributed by atoms with van der Waals surface area (Å²) in [5.74, 6) is 0.827. The summed E-state index contributed by atoms with van der Waals surface area (Å²) in [6.07, 6.45) is 4.32. The monoisotopic (exact) mass is 293 g/mol. The molecule has 0 radical (unpaired) electrons. The lowest BCUT2D eigenvalue weighted by atomic mass is 10.2. The smallest absolute Gasteiger partial charge is 0.233 e. The van der Waals surface area contributed by atoms with E-state index in [-0.39, 0.29) is 11.3 Å². The first-order chi connectivity index (χ1) is 9.25. The van der Waals surface area contributed by atoms with Gasteiger partial charge in [0, 0.05) is 29.7 Å². The fourth-order valence-electron chi connectivity index (χ4n) is 2.21. The van der Waals surface area contributed by atoms with Crippen LogP contribution < -0.4 is 0 Å². The standard InChI is InChI=1S/C13H15N3OS2/c1-9-3-5-18-12(9)13-16(11(17)7-19-13)4-2-10-6-14-8-15-10/h3,5-6,8,13H,2,4,7H2,1H3,(H,14,15). The summed E-state index contributed by atoms with van der Waals surface area (Å²) in [6.45, 7) is 2.86. The van der Waals surface area contributed by atoms with E-state index in [0.717, 1.165) is 18.7 Å². The van der Waals surface area contributed by atoms with E-state index in [2.05, 4.69) is 28.3 Å². The zero-order chi connectivity index (χ0) is 13.2. The molecule has 0 saturated carbocycles. The Labute approximate surface area is 120 Å². The van der Waals surface area contributed by atoms with Crippen molar-refractivity contribution in [2.75, 3.05) is 12.3 Å². The van der Waals surface area contributed by atoms with Gasteiger partial charge in [0.05, 0.1) is 12.1 Å². The highest BCUT2D eigenvalue weighted by molar-refractivity contribution is 8.00. The van der Waals surface area contributed by atoms with E-state index in [1.54, 1.807) is 29.4 Å². The Balaban J connectivity index is 1.74. The molecule has 1 N–H and O–H groups in total. The molecule has 1 saturated heterocycles. The van der Waals surface area contributed by atoms with Crippen LogP contribution in [-0.2, 0) is 11.2 Å². The van der Waals surface area contributed by atoms with Crippen molar-refractivity contribution in [3.63, 3.8) is 0 Å². The lowest BCUT2D eigenvalue weighted by Crippen LogP contribution is -2.30. The summed E-state index contributed by atoms with van der Waals surface area (Å²) < 4.78 is 0. The Morgan fingerprint density at radius 2 is 2.47 bits per heavy atom. The van der Waals surface area contributed by atoms with Gasteiger partial charge in [0.25, 0.3) is 0 Å². The van der Waals surface area contributed by atoms with Gasteiger partial charge < -0.3 is 9.88 Å². The zero-order valence-electron chi connectivity index (χ0n) is 10.6. The minimum Gasteiger partial charge on any atom is -0.348 e. The minimum absolute atomic E-state index is 0.190. The third-order valence-electron chi connectivity index (χ3n) is 3.27. The number of amides is 1. The number of aromatic amines is 1. The molecule has 19 heavy (non-hydrogen) atoms. The van der Waals surface area contributed by atoms with Crippen molar-refractivity contribution in [1.29, 1.82) is 0 Å². The number of thioether (sulfide) groups is 1. The fourth-order valence-corrected chi connectivity index (χ4v) is 4.71. The number of hydrogen-bond donors (Lipinski definition) is 1. The molecule has 1 unspecified atom stereocenters. The predicted octanol–water partition coefficient (Wildman–Crippen LogP) is 2.60. The molecule has 3 heterocycles. The highest BCUT2D eigenvalue weighted by atomic mass is 32.2. The van der Waals surface area contributed by atoms with Crippen LogP contribution in [0.3, 0.4) is 0 Å². The maximum Gasteiger partial charge on any atom is 0.233 e. The second-order valence-corrected chi connectivity index (χ2v) is 6.56. The van der Waals surface area contributed by atoms with Gasteiger partial charge in [-0.2, -0.15) is 0 Å². The van der Waals surface area contributed by atoms with Crippen LogP contribution in [0, 0.1) is 6.92 Å². The van der Waals surface area contributed by atoms with Crippen molar-refractivity contribution >= 4 is 29.0 Å². The summed E-state index contributed by atoms with van der Waals surface area (Å²) in [6, 6.07) is 2.12. The highest BCUT2D eigenvalue weighted by Crippen LogP contribution is 2.42. The number of rotatable bonds is 4. The Morgan fingerprint density at radius 1 is 1.58 bits per heavy atom. The number of nitrogens with zero attached hydrogens (tertiary/aromatic N) is 2. The van der Waals surface area contributed by atoms with Crippen LogP contribution in [0.4, 0.5) is 0 Å². The second kappa shape index (κ2) is 5.38. The molecular formula is C13H15N3OS2. The second-order valence-electron chi connectivity index (χ2n) is 4.55. The van der Waals surface area contributed by atoms with Crippen LogP contribution >= 0.6 is 23.1 Å². The van der Waals surface area contributed by atoms with Gasteiger partial charge in [0.2, 0.25) is 5.91 Å². The molecule has 3 rings (SSSR count). The average molecular weight is 293 g/mol. The van der Waals surface area contributed by atoms with Crippen LogP contribution in [-0.4, -0.2) is 33.1 Å². The fraction of sp³-hybridized carbons (Fsp3) is 0.385. The van der Waals surface area contributed by atoms with Crippen molar-refractivity contribution in [3.8, 4) is 0 Å². The van der Waals surface area contributed by atoms with Gasteiger partial charge in [-0.05, 0) is 23.9 Å². The molecule has 1 aliphatic heterocycles. The Morgan fingerprint density at radius 3 is 3.16 bits per heavy atom. The highest BCUT2D eigenvalue weighted by Gasteiger charge is 2.33. The van der Waals surface area contributed by atoms with Crippen molar-refractivity contribution in [3.05, 3.63) is 40.1 Å². The molecule has 0 aliphatic carbocycles. The normalized spacial score (nSPS) is 19.3. The summed E-state index contributed by atoms with van der Waals surface area (Å²) >= 11 is 3.47. The number of aryl methyl sites for hydroxylation is 1. The molecule has 6 heteroatoms. The van der Waals surface area contributed by atoms with Crippen molar-refractivity contribution < 1.29 is 4.79 Å². The van der Waals surface area contributed by atoms with Crippen molar-refractivity contribution in [1.82, 2.24) is 14.9 Å². The average Bonchev–Trinajstić information content (AvgIpc) is 3.09. The number of carbonyl (C=O) groups excluding carboxylic acids is 1. The van der Waals surface area contributed by atoms with Gasteiger partial charge in [-0.15, -0.1) is 23.1 Å². The van der Waals surface area contributed by atoms with Crippen LogP contribution in [0.25, 0.3) is 0 Å². The SMILES string of the molecule is Cc1ccsc1C1SCC(=O)N1CCc1cnc[nH]1. The quantitative estimate of drug-likeness (QED) is 0.942. The largest absolute Gasteiger partial charge is 0.348 e. The molecule has 0 aromatic carbocycles. The number of thiophene rings is 1. The Hall–Kier alpha value is -1.27. The summed E-state index contributed by atoms with van der Waals surface area (Å²) in [7, 11) is 0. The zero-order valence-corrected chi connectivity index (χ0v) is 12.3. The first-order valence-corrected chi connectivity index (χ1v) is 8.11. The molecule has 2 aromatic heterocycles. The topological polar surface area (TPSA) is 49.0 Å². The molecule has 1 amide bonds. The number of aromatic nitrogens is 2. The van der Waals surface area contributed by atoms with Gasteiger partial charge in [-0.1, -0.05) is 0 Å². The van der Waals surface area contributed by atoms with Crippen LogP contribution in [0.2, 0.25) is 0 Å². The van der Waals surface area contributed by atoms with Crippen LogP contribution in [0.15, 0.2) is 24.0 Å². The lowest BCUT2D eigenvalue weighted by Gasteiger charge is -2.23. The maximum absolute atomic E-state index is 12.0. The third-order valence-corrected chi connectivity index (χ3v) is 5.71. The molecule has 0 spiro atoms. The molecule has 1 atom stereocenters. The van der Waals surface area contributed by atoms with Crippen molar-refractivity contribution in [2.45, 2.75) is 18.7 Å². The van der Waals surface area contributed by atoms with Crippen LogP contribution in [0.1, 0.15) is 21.5 Å². The molecule has 1 fully saturated rings. The predicted molar refractivity (Wildman–Crippen MR) is 78.3 cm³/mol. The molecular weight excluding hydrogens is 278 g/mol. The van der Waals surface area contributed by atoms with Crippen LogP contribution in [0.5, 0.6) is 0 Å². The lowest BCUT2D eigenvalue weighted by molar-refractivity contribution is -0.128.